The van der Waals surface area contributed by atoms with Crippen LogP contribution in [0.25, 0.3) is 0 Å². The lowest BCUT2D eigenvalue weighted by atomic mass is 10.2. The molecule has 11 heteroatoms. The van der Waals surface area contributed by atoms with E-state index in [4.69, 9.17) is 0 Å². The molecule has 1 unspecified atom stereocenters. The number of carbonyl (C=O) groups excluding carboxylic acids is 1. The van der Waals surface area contributed by atoms with Crippen molar-refractivity contribution in [3.05, 3.63) is 53.7 Å². The molecule has 1 aliphatic heterocycles. The number of aromatic nitrogens is 1. The van der Waals surface area contributed by atoms with Crippen molar-refractivity contribution in [2.24, 2.45) is 0 Å². The molecule has 7 nitrogen and oxygen atoms in total. The molecule has 1 aromatic heterocycles. The van der Waals surface area contributed by atoms with Gasteiger partial charge in [-0.05, 0) is 43.2 Å². The number of halogens is 3. The second kappa shape index (κ2) is 8.60. The number of hydrogen-bond donors (Lipinski definition) is 2. The summed E-state index contributed by atoms with van der Waals surface area (Å²) in [4.78, 5) is 17.8. The van der Waals surface area contributed by atoms with Gasteiger partial charge in [0, 0.05) is 25.3 Å². The highest BCUT2D eigenvalue weighted by Gasteiger charge is 2.31. The van der Waals surface area contributed by atoms with Crippen LogP contribution in [0.1, 0.15) is 17.5 Å². The van der Waals surface area contributed by atoms with Crippen LogP contribution in [0.2, 0.25) is 0 Å². The van der Waals surface area contributed by atoms with Gasteiger partial charge in [0.05, 0.1) is 17.0 Å². The van der Waals surface area contributed by atoms with Crippen molar-refractivity contribution >= 4 is 21.7 Å². The van der Waals surface area contributed by atoms with Crippen LogP contribution in [-0.2, 0) is 21.0 Å². The van der Waals surface area contributed by atoms with Gasteiger partial charge in [-0.2, -0.15) is 13.2 Å². The Morgan fingerprint density at radius 1 is 1.27 bits per heavy atom. The number of pyridine rings is 1. The van der Waals surface area contributed by atoms with E-state index >= 15 is 0 Å². The monoisotopic (exact) mass is 442 g/mol. The highest BCUT2D eigenvalue weighted by molar-refractivity contribution is 7.89. The Bertz CT molecular complexity index is 1010. The average Bonchev–Trinajstić information content (AvgIpc) is 3.14. The summed E-state index contributed by atoms with van der Waals surface area (Å²) in [7, 11) is -3.80. The van der Waals surface area contributed by atoms with Gasteiger partial charge in [0.15, 0.2) is 0 Å². The predicted molar refractivity (Wildman–Crippen MR) is 104 cm³/mol. The largest absolute Gasteiger partial charge is 0.417 e. The van der Waals surface area contributed by atoms with Gasteiger partial charge >= 0.3 is 6.18 Å². The highest BCUT2D eigenvalue weighted by Crippen LogP contribution is 2.29. The van der Waals surface area contributed by atoms with Gasteiger partial charge in [-0.25, -0.2) is 18.1 Å². The molecular weight excluding hydrogens is 421 g/mol. The number of nitrogens with zero attached hydrogens (tertiary/aromatic N) is 2. The maximum atomic E-state index is 12.6. The van der Waals surface area contributed by atoms with Crippen LogP contribution in [0.4, 0.5) is 19.0 Å². The van der Waals surface area contributed by atoms with Gasteiger partial charge in [-0.3, -0.25) is 4.79 Å². The van der Waals surface area contributed by atoms with Gasteiger partial charge in [0.25, 0.3) is 0 Å². The fourth-order valence-corrected chi connectivity index (χ4v) is 4.22. The summed E-state index contributed by atoms with van der Waals surface area (Å²) in [6.45, 7) is 2.24. The zero-order chi connectivity index (χ0) is 21.9. The third-order valence-corrected chi connectivity index (χ3v) is 6.07. The van der Waals surface area contributed by atoms with Crippen LogP contribution in [0.5, 0.6) is 0 Å². The van der Waals surface area contributed by atoms with Crippen molar-refractivity contribution in [3.63, 3.8) is 0 Å². The van der Waals surface area contributed by atoms with Crippen LogP contribution in [-0.4, -0.2) is 45.0 Å². The number of benzene rings is 1. The first kappa shape index (κ1) is 22.0. The molecule has 1 amide bonds. The Kier molecular flexibility index (Phi) is 6.32. The van der Waals surface area contributed by atoms with Crippen molar-refractivity contribution in [1.82, 2.24) is 15.0 Å². The van der Waals surface area contributed by atoms with E-state index in [0.717, 1.165) is 17.8 Å². The molecule has 0 radical (unpaired) electrons. The molecular formula is C19H21F3N4O3S. The van der Waals surface area contributed by atoms with Crippen LogP contribution < -0.4 is 14.9 Å². The molecule has 0 saturated carbocycles. The normalized spacial score (nSPS) is 17.2. The van der Waals surface area contributed by atoms with Gasteiger partial charge in [0.1, 0.15) is 5.82 Å². The SMILES string of the molecule is Cc1cccc(S(=O)(=O)NCC(=O)NC2CCN(c3ccc(C(F)(F)F)cn3)C2)c1. The summed E-state index contributed by atoms with van der Waals surface area (Å²) < 4.78 is 64.7. The fourth-order valence-electron chi connectivity index (χ4n) is 3.13. The fraction of sp³-hybridized carbons (Fsp3) is 0.368. The minimum absolute atomic E-state index is 0.0794. The molecule has 0 spiro atoms. The van der Waals surface area contributed by atoms with E-state index in [-0.39, 0.29) is 10.9 Å². The lowest BCUT2D eigenvalue weighted by Crippen LogP contribution is -2.43. The van der Waals surface area contributed by atoms with E-state index < -0.39 is 34.2 Å². The molecule has 3 rings (SSSR count). The van der Waals surface area contributed by atoms with Crippen LogP contribution in [0.15, 0.2) is 47.5 Å². The highest BCUT2D eigenvalue weighted by atomic mass is 32.2. The Labute approximate surface area is 172 Å². The Morgan fingerprint density at radius 2 is 2.03 bits per heavy atom. The Morgan fingerprint density at radius 3 is 2.67 bits per heavy atom. The predicted octanol–water partition coefficient (Wildman–Crippen LogP) is 2.08. The summed E-state index contributed by atoms with van der Waals surface area (Å²) in [6, 6.07) is 8.34. The van der Waals surface area contributed by atoms with Gasteiger partial charge < -0.3 is 10.2 Å². The standard InChI is InChI=1S/C19H21F3N4O3S/c1-13-3-2-4-16(9-13)30(28,29)24-11-18(27)25-15-7-8-26(12-15)17-6-5-14(10-23-17)19(20,21)22/h2-6,9-10,15,24H,7-8,11-12H2,1H3,(H,25,27). The van der Waals surface area contributed by atoms with E-state index in [1.165, 1.54) is 18.2 Å². The molecule has 162 valence electrons. The first-order valence-corrected chi connectivity index (χ1v) is 10.7. The molecule has 1 atom stereocenters. The maximum absolute atomic E-state index is 12.6. The summed E-state index contributed by atoms with van der Waals surface area (Å²) >= 11 is 0. The number of anilines is 1. The van der Waals surface area contributed by atoms with E-state index in [9.17, 15) is 26.4 Å². The zero-order valence-electron chi connectivity index (χ0n) is 16.1. The van der Waals surface area contributed by atoms with Crippen LogP contribution >= 0.6 is 0 Å². The van der Waals surface area contributed by atoms with E-state index in [0.29, 0.717) is 25.3 Å². The number of carbonyl (C=O) groups is 1. The number of sulfonamides is 1. The second-order valence-corrected chi connectivity index (χ2v) is 8.81. The first-order valence-electron chi connectivity index (χ1n) is 9.18. The quantitative estimate of drug-likeness (QED) is 0.715. The summed E-state index contributed by atoms with van der Waals surface area (Å²) in [5.41, 5.74) is -0.0403. The lowest BCUT2D eigenvalue weighted by Gasteiger charge is -2.18. The number of amides is 1. The van der Waals surface area contributed by atoms with Crippen molar-refractivity contribution in [2.45, 2.75) is 30.5 Å². The van der Waals surface area contributed by atoms with Crippen LogP contribution in [0, 0.1) is 6.92 Å². The number of rotatable bonds is 6. The van der Waals surface area contributed by atoms with Crippen molar-refractivity contribution in [2.75, 3.05) is 24.5 Å². The molecule has 2 N–H and O–H groups in total. The van der Waals surface area contributed by atoms with Crippen molar-refractivity contribution < 1.29 is 26.4 Å². The Balaban J connectivity index is 1.51. The minimum atomic E-state index is -4.45. The maximum Gasteiger partial charge on any atom is 0.417 e. The van der Waals surface area contributed by atoms with Gasteiger partial charge in [0.2, 0.25) is 15.9 Å². The van der Waals surface area contributed by atoms with E-state index in [1.54, 1.807) is 24.0 Å². The third-order valence-electron chi connectivity index (χ3n) is 4.68. The molecule has 1 aromatic carbocycles. The number of aryl methyl sites for hydroxylation is 1. The van der Waals surface area contributed by atoms with Crippen molar-refractivity contribution in [3.8, 4) is 0 Å². The van der Waals surface area contributed by atoms with Crippen LogP contribution in [0.3, 0.4) is 0 Å². The molecule has 0 aliphatic carbocycles. The molecule has 2 heterocycles. The zero-order valence-corrected chi connectivity index (χ0v) is 16.9. The molecule has 30 heavy (non-hydrogen) atoms. The number of nitrogens with one attached hydrogen (secondary N) is 2. The molecule has 1 aliphatic rings. The average molecular weight is 442 g/mol. The van der Waals surface area contributed by atoms with E-state index in [1.807, 2.05) is 0 Å². The number of alkyl halides is 3. The summed E-state index contributed by atoms with van der Waals surface area (Å²) in [5, 5.41) is 2.73. The van der Waals surface area contributed by atoms with Gasteiger partial charge in [-0.15, -0.1) is 0 Å². The van der Waals surface area contributed by atoms with Gasteiger partial charge in [-0.1, -0.05) is 12.1 Å². The van der Waals surface area contributed by atoms with Crippen molar-refractivity contribution in [1.29, 1.82) is 0 Å². The summed E-state index contributed by atoms with van der Waals surface area (Å²) in [5.74, 6) is -0.0987. The minimum Gasteiger partial charge on any atom is -0.354 e. The molecule has 1 fully saturated rings. The molecule has 0 bridgehead atoms. The molecule has 2 aromatic rings. The first-order chi connectivity index (χ1) is 14.0. The lowest BCUT2D eigenvalue weighted by molar-refractivity contribution is -0.137. The van der Waals surface area contributed by atoms with E-state index in [2.05, 4.69) is 15.0 Å². The third kappa shape index (κ3) is 5.48. The Hall–Kier alpha value is -2.66. The topological polar surface area (TPSA) is 91.4 Å². The smallest absolute Gasteiger partial charge is 0.354 e. The number of hydrogen-bond acceptors (Lipinski definition) is 5. The summed E-state index contributed by atoms with van der Waals surface area (Å²) in [6.07, 6.45) is -3.10. The molecule has 1 saturated heterocycles. The second-order valence-electron chi connectivity index (χ2n) is 7.04.